The Hall–Kier alpha value is -1.07. The summed E-state index contributed by atoms with van der Waals surface area (Å²) in [5.74, 6) is -2.93. The number of rotatable bonds is 1. The van der Waals surface area contributed by atoms with Crippen LogP contribution in [0.2, 0.25) is 0 Å². The van der Waals surface area contributed by atoms with Gasteiger partial charge in [0.2, 0.25) is 0 Å². The van der Waals surface area contributed by atoms with Gasteiger partial charge >= 0.3 is 0 Å². The first-order valence-electron chi connectivity index (χ1n) is 6.11. The lowest BCUT2D eigenvalue weighted by molar-refractivity contribution is 0.223. The Morgan fingerprint density at radius 3 is 2.50 bits per heavy atom. The molecule has 1 aliphatic rings. The van der Waals surface area contributed by atoms with Crippen LogP contribution in [0.1, 0.15) is 30.9 Å². The van der Waals surface area contributed by atoms with Crippen LogP contribution in [-0.2, 0) is 0 Å². The monoisotopic (exact) mass is 258 g/mol. The molecule has 18 heavy (non-hydrogen) atoms. The molecule has 0 amide bonds. The number of hydrogen-bond acceptors (Lipinski definition) is 2. The molecule has 2 unspecified atom stereocenters. The van der Waals surface area contributed by atoms with E-state index in [1.807, 2.05) is 11.9 Å². The molecule has 0 saturated carbocycles. The van der Waals surface area contributed by atoms with E-state index in [4.69, 9.17) is 5.73 Å². The molecule has 0 aliphatic carbocycles. The third-order valence-electron chi connectivity index (χ3n) is 3.54. The average molecular weight is 258 g/mol. The topological polar surface area (TPSA) is 29.3 Å². The third-order valence-corrected chi connectivity index (χ3v) is 3.54. The molecular weight excluding hydrogens is 241 g/mol. The normalized spacial score (nSPS) is 26.1. The van der Waals surface area contributed by atoms with Crippen LogP contribution < -0.4 is 5.73 Å². The van der Waals surface area contributed by atoms with Gasteiger partial charge < -0.3 is 5.73 Å². The molecule has 1 aromatic rings. The zero-order chi connectivity index (χ0) is 13.3. The Kier molecular flexibility index (Phi) is 3.92. The summed E-state index contributed by atoms with van der Waals surface area (Å²) in [6, 6.07) is 0.854. The van der Waals surface area contributed by atoms with Crippen molar-refractivity contribution in [2.75, 3.05) is 13.6 Å². The second kappa shape index (κ2) is 5.28. The first-order chi connectivity index (χ1) is 8.50. The number of nitrogens with two attached hydrogens (primary N) is 1. The summed E-state index contributed by atoms with van der Waals surface area (Å²) in [7, 11) is 1.83. The lowest BCUT2D eigenvalue weighted by Crippen LogP contribution is -2.38. The molecule has 1 aliphatic heterocycles. The van der Waals surface area contributed by atoms with Gasteiger partial charge in [0.15, 0.2) is 11.6 Å². The van der Waals surface area contributed by atoms with Crippen molar-refractivity contribution in [1.82, 2.24) is 4.90 Å². The molecule has 1 fully saturated rings. The van der Waals surface area contributed by atoms with Crippen molar-refractivity contribution in [3.63, 3.8) is 0 Å². The van der Waals surface area contributed by atoms with Crippen molar-refractivity contribution in [3.8, 4) is 0 Å². The van der Waals surface area contributed by atoms with Crippen LogP contribution in [0.5, 0.6) is 0 Å². The van der Waals surface area contributed by atoms with Crippen LogP contribution in [0.25, 0.3) is 0 Å². The highest BCUT2D eigenvalue weighted by Crippen LogP contribution is 2.30. The van der Waals surface area contributed by atoms with Gasteiger partial charge in [-0.1, -0.05) is 6.42 Å². The van der Waals surface area contributed by atoms with Crippen molar-refractivity contribution in [3.05, 3.63) is 35.1 Å². The van der Waals surface area contributed by atoms with E-state index in [-0.39, 0.29) is 11.6 Å². The van der Waals surface area contributed by atoms with Gasteiger partial charge in [0.1, 0.15) is 5.82 Å². The Morgan fingerprint density at radius 1 is 1.11 bits per heavy atom. The highest BCUT2D eigenvalue weighted by Gasteiger charge is 2.29. The van der Waals surface area contributed by atoms with Crippen LogP contribution >= 0.6 is 0 Å². The van der Waals surface area contributed by atoms with Gasteiger partial charge in [-0.25, -0.2) is 13.2 Å². The summed E-state index contributed by atoms with van der Waals surface area (Å²) >= 11 is 0. The van der Waals surface area contributed by atoms with E-state index in [0.29, 0.717) is 6.07 Å². The molecule has 0 bridgehead atoms. The number of likely N-dealkylation sites (N-methyl/N-ethyl adjacent to an activating group) is 1. The maximum absolute atomic E-state index is 13.8. The van der Waals surface area contributed by atoms with E-state index >= 15 is 0 Å². The summed E-state index contributed by atoms with van der Waals surface area (Å²) in [6.07, 6.45) is 2.70. The van der Waals surface area contributed by atoms with Gasteiger partial charge in [0.05, 0.1) is 6.04 Å². The molecule has 0 spiro atoms. The molecule has 2 nitrogen and oxygen atoms in total. The SMILES string of the molecule is CN1CCCCC(N)C1c1cc(F)c(F)cc1F. The van der Waals surface area contributed by atoms with Crippen molar-refractivity contribution in [2.45, 2.75) is 31.3 Å². The lowest BCUT2D eigenvalue weighted by atomic mass is 9.96. The second-order valence-corrected chi connectivity index (χ2v) is 4.87. The van der Waals surface area contributed by atoms with Gasteiger partial charge in [-0.3, -0.25) is 4.90 Å². The molecular formula is C13H17F3N2. The van der Waals surface area contributed by atoms with Crippen LogP contribution in [0.3, 0.4) is 0 Å². The van der Waals surface area contributed by atoms with E-state index in [9.17, 15) is 13.2 Å². The molecule has 2 atom stereocenters. The molecule has 2 rings (SSSR count). The van der Waals surface area contributed by atoms with Gasteiger partial charge in [-0.05, 0) is 32.5 Å². The average Bonchev–Trinajstić information content (AvgIpc) is 2.46. The van der Waals surface area contributed by atoms with Crippen LogP contribution in [0, 0.1) is 17.5 Å². The molecule has 100 valence electrons. The van der Waals surface area contributed by atoms with E-state index in [1.165, 1.54) is 0 Å². The predicted octanol–water partition coefficient (Wildman–Crippen LogP) is 2.59. The standard InChI is InChI=1S/C13H17F3N2/c1-18-5-3-2-4-12(17)13(18)8-6-10(15)11(16)7-9(8)14/h6-7,12-13H,2-5,17H2,1H3. The third kappa shape index (κ3) is 2.52. The van der Waals surface area contributed by atoms with E-state index in [0.717, 1.165) is 31.9 Å². The second-order valence-electron chi connectivity index (χ2n) is 4.87. The maximum atomic E-state index is 13.8. The molecule has 0 aromatic heterocycles. The first kappa shape index (κ1) is 13.4. The van der Waals surface area contributed by atoms with Crippen LogP contribution in [0.15, 0.2) is 12.1 Å². The summed E-state index contributed by atoms with van der Waals surface area (Å²) in [6.45, 7) is 0.775. The molecule has 0 radical (unpaired) electrons. The van der Waals surface area contributed by atoms with Gasteiger partial charge in [0, 0.05) is 17.7 Å². The fourth-order valence-corrected chi connectivity index (χ4v) is 2.60. The number of nitrogens with zero attached hydrogens (tertiary/aromatic N) is 1. The zero-order valence-corrected chi connectivity index (χ0v) is 10.3. The smallest absolute Gasteiger partial charge is 0.161 e. The van der Waals surface area contributed by atoms with E-state index in [1.54, 1.807) is 0 Å². The predicted molar refractivity (Wildman–Crippen MR) is 63.5 cm³/mol. The van der Waals surface area contributed by atoms with Crippen LogP contribution in [0.4, 0.5) is 13.2 Å². The lowest BCUT2D eigenvalue weighted by Gasteiger charge is -2.30. The van der Waals surface area contributed by atoms with Crippen molar-refractivity contribution in [1.29, 1.82) is 0 Å². The Labute approximate surface area is 105 Å². The molecule has 1 saturated heterocycles. The molecule has 1 aromatic carbocycles. The Balaban J connectivity index is 2.41. The molecule has 2 N–H and O–H groups in total. The number of benzene rings is 1. The van der Waals surface area contributed by atoms with Crippen molar-refractivity contribution >= 4 is 0 Å². The van der Waals surface area contributed by atoms with Gasteiger partial charge in [-0.2, -0.15) is 0 Å². The highest BCUT2D eigenvalue weighted by atomic mass is 19.2. The quantitative estimate of drug-likeness (QED) is 0.784. The summed E-state index contributed by atoms with van der Waals surface area (Å²) in [5, 5.41) is 0. The summed E-state index contributed by atoms with van der Waals surface area (Å²) in [4.78, 5) is 1.91. The molecule has 5 heteroatoms. The maximum Gasteiger partial charge on any atom is 0.161 e. The van der Waals surface area contributed by atoms with Gasteiger partial charge in [-0.15, -0.1) is 0 Å². The van der Waals surface area contributed by atoms with Crippen molar-refractivity contribution in [2.24, 2.45) is 5.73 Å². The fraction of sp³-hybridized carbons (Fsp3) is 0.538. The summed E-state index contributed by atoms with van der Waals surface area (Å²) < 4.78 is 40.0. The fourth-order valence-electron chi connectivity index (χ4n) is 2.60. The minimum Gasteiger partial charge on any atom is -0.326 e. The van der Waals surface area contributed by atoms with Crippen LogP contribution in [-0.4, -0.2) is 24.5 Å². The number of halogens is 3. The zero-order valence-electron chi connectivity index (χ0n) is 10.3. The van der Waals surface area contributed by atoms with E-state index in [2.05, 4.69) is 0 Å². The highest BCUT2D eigenvalue weighted by molar-refractivity contribution is 5.25. The first-order valence-corrected chi connectivity index (χ1v) is 6.11. The minimum absolute atomic E-state index is 0.144. The molecule has 1 heterocycles. The summed E-state index contributed by atoms with van der Waals surface area (Å²) in [5.41, 5.74) is 6.18. The Bertz CT molecular complexity index is 424. The minimum atomic E-state index is -1.17. The largest absolute Gasteiger partial charge is 0.326 e. The van der Waals surface area contributed by atoms with E-state index < -0.39 is 23.5 Å². The Morgan fingerprint density at radius 2 is 1.78 bits per heavy atom. The van der Waals surface area contributed by atoms with Gasteiger partial charge in [0.25, 0.3) is 0 Å². The van der Waals surface area contributed by atoms with Crippen molar-refractivity contribution < 1.29 is 13.2 Å². The number of likely N-dealkylation sites (tertiary alicyclic amines) is 1. The number of hydrogen-bond donors (Lipinski definition) is 1.